The van der Waals surface area contributed by atoms with Crippen molar-refractivity contribution in [1.29, 1.82) is 0 Å². The molecule has 1 aromatic carbocycles. The lowest BCUT2D eigenvalue weighted by molar-refractivity contribution is -0.131. The average molecular weight is 289 g/mol. The van der Waals surface area contributed by atoms with Crippen LogP contribution in [-0.4, -0.2) is 48.3 Å². The van der Waals surface area contributed by atoms with E-state index in [-0.39, 0.29) is 5.91 Å². The first-order valence-electron chi connectivity index (χ1n) is 7.28. The summed E-state index contributed by atoms with van der Waals surface area (Å²) in [5, 5.41) is 10.4. The third-order valence-electron chi connectivity index (χ3n) is 3.79. The zero-order valence-corrected chi connectivity index (χ0v) is 12.7. The van der Waals surface area contributed by atoms with Crippen LogP contribution >= 0.6 is 0 Å². The van der Waals surface area contributed by atoms with Gasteiger partial charge in [0, 0.05) is 45.7 Å². The lowest BCUT2D eigenvalue weighted by atomic mass is 9.94. The number of hydrogen-bond donors (Lipinski definition) is 1. The SMILES string of the molecule is Cc1cccc(/C=C/C(=O)N(C)CC2(O)CCOCC2)c1. The Hall–Kier alpha value is -1.65. The highest BCUT2D eigenvalue weighted by Gasteiger charge is 2.31. The maximum absolute atomic E-state index is 12.1. The maximum Gasteiger partial charge on any atom is 0.246 e. The van der Waals surface area contributed by atoms with Gasteiger partial charge in [-0.25, -0.2) is 0 Å². The van der Waals surface area contributed by atoms with Crippen molar-refractivity contribution in [3.05, 3.63) is 41.5 Å². The van der Waals surface area contributed by atoms with Gasteiger partial charge < -0.3 is 14.7 Å². The number of aliphatic hydroxyl groups is 1. The molecule has 114 valence electrons. The van der Waals surface area contributed by atoms with Gasteiger partial charge in [-0.1, -0.05) is 29.8 Å². The van der Waals surface area contributed by atoms with E-state index >= 15 is 0 Å². The second-order valence-electron chi connectivity index (χ2n) is 5.78. The Morgan fingerprint density at radius 2 is 2.14 bits per heavy atom. The molecule has 1 amide bonds. The number of carbonyl (C=O) groups excluding carboxylic acids is 1. The smallest absolute Gasteiger partial charge is 0.246 e. The molecule has 0 radical (unpaired) electrons. The predicted octanol–water partition coefficient (Wildman–Crippen LogP) is 2.01. The molecule has 1 saturated heterocycles. The zero-order chi connectivity index (χ0) is 15.3. The van der Waals surface area contributed by atoms with Crippen LogP contribution in [0.25, 0.3) is 6.08 Å². The van der Waals surface area contributed by atoms with Crippen molar-refractivity contribution < 1.29 is 14.6 Å². The van der Waals surface area contributed by atoms with Crippen LogP contribution in [0.1, 0.15) is 24.0 Å². The molecule has 21 heavy (non-hydrogen) atoms. The summed E-state index contributed by atoms with van der Waals surface area (Å²) < 4.78 is 5.25. The van der Waals surface area contributed by atoms with Crippen LogP contribution in [0.2, 0.25) is 0 Å². The van der Waals surface area contributed by atoms with E-state index in [1.54, 1.807) is 24.1 Å². The Morgan fingerprint density at radius 1 is 1.43 bits per heavy atom. The number of likely N-dealkylation sites (N-methyl/N-ethyl adjacent to an activating group) is 1. The molecular formula is C17H23NO3. The summed E-state index contributed by atoms with van der Waals surface area (Å²) in [5.74, 6) is -0.101. The number of carbonyl (C=O) groups is 1. The molecule has 4 heteroatoms. The number of rotatable bonds is 4. The van der Waals surface area contributed by atoms with E-state index in [9.17, 15) is 9.90 Å². The van der Waals surface area contributed by atoms with E-state index in [0.29, 0.717) is 32.6 Å². The molecule has 1 aliphatic rings. The van der Waals surface area contributed by atoms with Crippen LogP contribution in [0.5, 0.6) is 0 Å². The van der Waals surface area contributed by atoms with Gasteiger partial charge in [0.25, 0.3) is 0 Å². The fraction of sp³-hybridized carbons (Fsp3) is 0.471. The van der Waals surface area contributed by atoms with Gasteiger partial charge in [0.05, 0.1) is 5.60 Å². The van der Waals surface area contributed by atoms with E-state index in [1.165, 1.54) is 0 Å². The van der Waals surface area contributed by atoms with Gasteiger partial charge in [0.15, 0.2) is 0 Å². The van der Waals surface area contributed by atoms with Gasteiger partial charge in [0.2, 0.25) is 5.91 Å². The summed E-state index contributed by atoms with van der Waals surface area (Å²) >= 11 is 0. The van der Waals surface area contributed by atoms with Crippen LogP contribution in [0, 0.1) is 6.92 Å². The number of benzene rings is 1. The standard InChI is InChI=1S/C17H23NO3/c1-14-4-3-5-15(12-14)6-7-16(19)18(2)13-17(20)8-10-21-11-9-17/h3-7,12,20H,8-11,13H2,1-2H3/b7-6+. The topological polar surface area (TPSA) is 49.8 Å². The van der Waals surface area contributed by atoms with Crippen molar-refractivity contribution in [2.24, 2.45) is 0 Å². The van der Waals surface area contributed by atoms with E-state index in [0.717, 1.165) is 11.1 Å². The van der Waals surface area contributed by atoms with E-state index in [4.69, 9.17) is 4.74 Å². The van der Waals surface area contributed by atoms with Crippen LogP contribution < -0.4 is 0 Å². The summed E-state index contributed by atoms with van der Waals surface area (Å²) in [7, 11) is 1.72. The largest absolute Gasteiger partial charge is 0.388 e. The summed E-state index contributed by atoms with van der Waals surface area (Å²) in [6.45, 7) is 3.47. The molecule has 1 aromatic rings. The van der Waals surface area contributed by atoms with Crippen molar-refractivity contribution in [2.45, 2.75) is 25.4 Å². The van der Waals surface area contributed by atoms with Gasteiger partial charge in [-0.3, -0.25) is 4.79 Å². The number of amides is 1. The van der Waals surface area contributed by atoms with Gasteiger partial charge in [-0.05, 0) is 18.6 Å². The third-order valence-corrected chi connectivity index (χ3v) is 3.79. The Balaban J connectivity index is 1.93. The van der Waals surface area contributed by atoms with Gasteiger partial charge in [0.1, 0.15) is 0 Å². The van der Waals surface area contributed by atoms with E-state index < -0.39 is 5.60 Å². The van der Waals surface area contributed by atoms with Gasteiger partial charge in [-0.15, -0.1) is 0 Å². The number of nitrogens with zero attached hydrogens (tertiary/aromatic N) is 1. The Labute approximate surface area is 126 Å². The summed E-state index contributed by atoms with van der Waals surface area (Å²) in [6.07, 6.45) is 4.51. The van der Waals surface area contributed by atoms with Crippen LogP contribution in [0.15, 0.2) is 30.3 Å². The van der Waals surface area contributed by atoms with Crippen molar-refractivity contribution in [3.63, 3.8) is 0 Å². The fourth-order valence-corrected chi connectivity index (χ4v) is 2.50. The molecule has 0 atom stereocenters. The molecule has 1 fully saturated rings. The zero-order valence-electron chi connectivity index (χ0n) is 12.7. The second-order valence-corrected chi connectivity index (χ2v) is 5.78. The molecular weight excluding hydrogens is 266 g/mol. The summed E-state index contributed by atoms with van der Waals surface area (Å²) in [4.78, 5) is 13.7. The third kappa shape index (κ3) is 4.69. The molecule has 0 unspecified atom stereocenters. The molecule has 1 N–H and O–H groups in total. The van der Waals surface area contributed by atoms with Gasteiger partial charge >= 0.3 is 0 Å². The van der Waals surface area contributed by atoms with Crippen LogP contribution in [0.3, 0.4) is 0 Å². The number of hydrogen-bond acceptors (Lipinski definition) is 3. The molecule has 0 saturated carbocycles. The normalized spacial score (nSPS) is 17.9. The lowest BCUT2D eigenvalue weighted by Crippen LogP contribution is -2.47. The lowest BCUT2D eigenvalue weighted by Gasteiger charge is -2.35. The monoisotopic (exact) mass is 289 g/mol. The molecule has 0 bridgehead atoms. The Bertz CT molecular complexity index is 519. The summed E-state index contributed by atoms with van der Waals surface area (Å²) in [6, 6.07) is 7.97. The molecule has 2 rings (SSSR count). The van der Waals surface area contributed by atoms with Crippen molar-refractivity contribution >= 4 is 12.0 Å². The summed E-state index contributed by atoms with van der Waals surface area (Å²) in [5.41, 5.74) is 1.34. The molecule has 1 aliphatic heterocycles. The van der Waals surface area contributed by atoms with Crippen LogP contribution in [-0.2, 0) is 9.53 Å². The number of aryl methyl sites for hydroxylation is 1. The first-order valence-corrected chi connectivity index (χ1v) is 7.28. The Kier molecular flexibility index (Phi) is 5.15. The highest BCUT2D eigenvalue weighted by Crippen LogP contribution is 2.21. The molecule has 4 nitrogen and oxygen atoms in total. The van der Waals surface area contributed by atoms with E-state index in [1.807, 2.05) is 31.2 Å². The minimum Gasteiger partial charge on any atom is -0.388 e. The van der Waals surface area contributed by atoms with Crippen LogP contribution in [0.4, 0.5) is 0 Å². The molecule has 1 heterocycles. The van der Waals surface area contributed by atoms with Crippen molar-refractivity contribution in [3.8, 4) is 0 Å². The minimum atomic E-state index is -0.820. The Morgan fingerprint density at radius 3 is 2.81 bits per heavy atom. The molecule has 0 aromatic heterocycles. The maximum atomic E-state index is 12.1. The average Bonchev–Trinajstić information content (AvgIpc) is 2.45. The van der Waals surface area contributed by atoms with Crippen molar-refractivity contribution in [1.82, 2.24) is 4.90 Å². The van der Waals surface area contributed by atoms with Gasteiger partial charge in [-0.2, -0.15) is 0 Å². The highest BCUT2D eigenvalue weighted by atomic mass is 16.5. The fourth-order valence-electron chi connectivity index (χ4n) is 2.50. The second kappa shape index (κ2) is 6.87. The first kappa shape index (κ1) is 15.7. The predicted molar refractivity (Wildman–Crippen MR) is 82.9 cm³/mol. The quantitative estimate of drug-likeness (QED) is 0.863. The van der Waals surface area contributed by atoms with E-state index in [2.05, 4.69) is 0 Å². The molecule has 0 aliphatic carbocycles. The van der Waals surface area contributed by atoms with Crippen molar-refractivity contribution in [2.75, 3.05) is 26.8 Å². The number of ether oxygens (including phenoxy) is 1. The first-order chi connectivity index (χ1) is 9.98. The molecule has 0 spiro atoms. The highest BCUT2D eigenvalue weighted by molar-refractivity contribution is 5.91. The minimum absolute atomic E-state index is 0.101.